The molecular weight excluding hydrogens is 352 g/mol. The lowest BCUT2D eigenvalue weighted by atomic mass is 9.92. The second-order valence-corrected chi connectivity index (χ2v) is 10.4. The highest BCUT2D eigenvalue weighted by molar-refractivity contribution is 7.10. The first kappa shape index (κ1) is 18.5. The maximum Gasteiger partial charge on any atom is 0.224 e. The monoisotopic (exact) mass is 382 g/mol. The van der Waals surface area contributed by atoms with Crippen molar-refractivity contribution < 1.29 is 4.79 Å². The Balaban J connectivity index is 1.58. The van der Waals surface area contributed by atoms with Crippen molar-refractivity contribution in [3.8, 4) is 0 Å². The number of piperidine rings is 1. The first-order valence-electron chi connectivity index (χ1n) is 9.98. The highest BCUT2D eigenvalue weighted by Crippen LogP contribution is 2.52. The molecule has 1 aliphatic heterocycles. The van der Waals surface area contributed by atoms with Gasteiger partial charge in [-0.2, -0.15) is 0 Å². The molecule has 2 aromatic rings. The van der Waals surface area contributed by atoms with Gasteiger partial charge in [0.25, 0.3) is 0 Å². The minimum absolute atomic E-state index is 0.00308. The third-order valence-electron chi connectivity index (χ3n) is 5.86. The van der Waals surface area contributed by atoms with Gasteiger partial charge in [-0.15, -0.1) is 11.3 Å². The van der Waals surface area contributed by atoms with E-state index in [1.165, 1.54) is 18.5 Å². The number of thiophene rings is 1. The molecule has 0 saturated carbocycles. The Bertz CT molecular complexity index is 854. The summed E-state index contributed by atoms with van der Waals surface area (Å²) < 4.78 is 0. The van der Waals surface area contributed by atoms with Crippen LogP contribution in [-0.2, 0) is 4.79 Å². The van der Waals surface area contributed by atoms with Crippen LogP contribution >= 0.6 is 11.3 Å². The number of amides is 1. The van der Waals surface area contributed by atoms with Crippen molar-refractivity contribution in [2.24, 2.45) is 5.41 Å². The van der Waals surface area contributed by atoms with Crippen molar-refractivity contribution >= 4 is 28.6 Å². The van der Waals surface area contributed by atoms with Crippen molar-refractivity contribution in [3.05, 3.63) is 45.1 Å². The molecule has 1 saturated heterocycles. The van der Waals surface area contributed by atoms with Gasteiger partial charge in [-0.3, -0.25) is 4.79 Å². The minimum Gasteiger partial charge on any atom is -0.364 e. The highest BCUT2D eigenvalue weighted by atomic mass is 32.1. The Kier molecular flexibility index (Phi) is 4.58. The molecule has 1 fully saturated rings. The summed E-state index contributed by atoms with van der Waals surface area (Å²) in [5.74, 6) is 0.861. The van der Waals surface area contributed by atoms with Crippen LogP contribution in [0.15, 0.2) is 23.6 Å². The van der Waals surface area contributed by atoms with Gasteiger partial charge in [-0.05, 0) is 78.3 Å². The molecule has 1 aromatic carbocycles. The number of nitrogens with one attached hydrogen (secondary N) is 1. The van der Waals surface area contributed by atoms with Gasteiger partial charge in [0.15, 0.2) is 0 Å². The van der Waals surface area contributed by atoms with E-state index in [1.807, 2.05) is 11.3 Å². The number of aryl methyl sites for hydroxylation is 2. The van der Waals surface area contributed by atoms with Crippen LogP contribution in [-0.4, -0.2) is 12.5 Å². The summed E-state index contributed by atoms with van der Waals surface area (Å²) in [7, 11) is 0. The molecule has 0 spiro atoms. The first-order valence-corrected chi connectivity index (χ1v) is 10.9. The van der Waals surface area contributed by atoms with Gasteiger partial charge in [0.1, 0.15) is 0 Å². The number of fused-ring (bicyclic) bond motifs is 5. The largest absolute Gasteiger partial charge is 0.364 e. The summed E-state index contributed by atoms with van der Waals surface area (Å²) in [6, 6.07) is 7.35. The third kappa shape index (κ3) is 3.52. The number of nitrogens with zero attached hydrogens (tertiary/aromatic N) is 1. The van der Waals surface area contributed by atoms with E-state index in [1.54, 1.807) is 10.4 Å². The normalized spacial score (nSPS) is 21.3. The van der Waals surface area contributed by atoms with Crippen LogP contribution in [0.5, 0.6) is 0 Å². The van der Waals surface area contributed by atoms with Crippen molar-refractivity contribution in [2.75, 3.05) is 16.8 Å². The molecule has 3 nitrogen and oxygen atoms in total. The van der Waals surface area contributed by atoms with Crippen LogP contribution in [0.2, 0.25) is 0 Å². The lowest BCUT2D eigenvalue weighted by molar-refractivity contribution is -0.117. The third-order valence-corrected chi connectivity index (χ3v) is 6.96. The van der Waals surface area contributed by atoms with Crippen LogP contribution in [0, 0.1) is 19.3 Å². The van der Waals surface area contributed by atoms with E-state index in [9.17, 15) is 4.79 Å². The molecule has 2 heterocycles. The standard InChI is InChI=1S/C23H30N2OS/c1-14-10-17(11-15(2)21(14)24-20(26)13-23(3,4)5)25-8-6-16-12-19(25)18-7-9-27-22(16)18/h7,9-11,16,19H,6,8,12-13H2,1-5H3,(H,24,26). The summed E-state index contributed by atoms with van der Waals surface area (Å²) in [4.78, 5) is 16.6. The van der Waals surface area contributed by atoms with Crippen molar-refractivity contribution in [3.63, 3.8) is 0 Å². The molecule has 0 radical (unpaired) electrons. The van der Waals surface area contributed by atoms with Gasteiger partial charge in [0.2, 0.25) is 5.91 Å². The van der Waals surface area contributed by atoms with E-state index >= 15 is 0 Å². The fourth-order valence-corrected chi connectivity index (χ4v) is 5.82. The second-order valence-electron chi connectivity index (χ2n) is 9.41. The Labute approximate surface area is 166 Å². The zero-order chi connectivity index (χ0) is 19.3. The van der Waals surface area contributed by atoms with Crippen LogP contribution in [0.3, 0.4) is 0 Å². The van der Waals surface area contributed by atoms with Crippen LogP contribution in [0.25, 0.3) is 0 Å². The molecule has 144 valence electrons. The number of anilines is 2. The summed E-state index contributed by atoms with van der Waals surface area (Å²) in [5.41, 5.74) is 6.11. The van der Waals surface area contributed by atoms with E-state index in [-0.39, 0.29) is 11.3 Å². The fraction of sp³-hybridized carbons (Fsp3) is 0.522. The summed E-state index contributed by atoms with van der Waals surface area (Å²) in [6.45, 7) is 11.6. The predicted octanol–water partition coefficient (Wildman–Crippen LogP) is 6.18. The van der Waals surface area contributed by atoms with Crippen molar-refractivity contribution in [2.45, 2.75) is 65.8 Å². The Hall–Kier alpha value is -1.81. The number of benzene rings is 1. The summed E-state index contributed by atoms with van der Waals surface area (Å²) in [6.07, 6.45) is 3.03. The Morgan fingerprint density at radius 2 is 1.96 bits per heavy atom. The van der Waals surface area contributed by atoms with Gasteiger partial charge in [-0.25, -0.2) is 0 Å². The minimum atomic E-state index is -0.00308. The topological polar surface area (TPSA) is 32.3 Å². The zero-order valence-corrected chi connectivity index (χ0v) is 17.9. The molecule has 1 aromatic heterocycles. The SMILES string of the molecule is Cc1cc(N2CCC3CC2c2ccsc23)cc(C)c1NC(=O)CC(C)(C)C. The molecule has 1 N–H and O–H groups in total. The van der Waals surface area contributed by atoms with E-state index < -0.39 is 0 Å². The first-order chi connectivity index (χ1) is 12.7. The Morgan fingerprint density at radius 1 is 1.26 bits per heavy atom. The maximum absolute atomic E-state index is 12.4. The van der Waals surface area contributed by atoms with Gasteiger partial charge in [0.05, 0.1) is 6.04 Å². The second kappa shape index (κ2) is 6.66. The number of hydrogen-bond donors (Lipinski definition) is 1. The zero-order valence-electron chi connectivity index (χ0n) is 17.1. The van der Waals surface area contributed by atoms with Crippen molar-refractivity contribution in [1.29, 1.82) is 0 Å². The molecule has 1 amide bonds. The molecule has 2 atom stereocenters. The average Bonchev–Trinajstić information content (AvgIpc) is 3.13. The van der Waals surface area contributed by atoms with E-state index in [2.05, 4.69) is 68.4 Å². The molecule has 4 rings (SSSR count). The van der Waals surface area contributed by atoms with E-state index in [4.69, 9.17) is 0 Å². The van der Waals surface area contributed by atoms with Gasteiger partial charge >= 0.3 is 0 Å². The number of carbonyl (C=O) groups excluding carboxylic acids is 1. The number of carbonyl (C=O) groups is 1. The molecule has 1 aliphatic carbocycles. The molecule has 2 bridgehead atoms. The molecule has 2 unspecified atom stereocenters. The Morgan fingerprint density at radius 3 is 2.63 bits per heavy atom. The molecule has 2 aliphatic rings. The maximum atomic E-state index is 12.4. The summed E-state index contributed by atoms with van der Waals surface area (Å²) in [5, 5.41) is 5.40. The van der Waals surface area contributed by atoms with Crippen LogP contribution in [0.4, 0.5) is 11.4 Å². The molecule has 27 heavy (non-hydrogen) atoms. The van der Waals surface area contributed by atoms with Crippen LogP contribution in [0.1, 0.15) is 73.6 Å². The average molecular weight is 383 g/mol. The summed E-state index contributed by atoms with van der Waals surface area (Å²) >= 11 is 1.93. The van der Waals surface area contributed by atoms with Crippen molar-refractivity contribution in [1.82, 2.24) is 0 Å². The molecular formula is C23H30N2OS. The predicted molar refractivity (Wildman–Crippen MR) is 115 cm³/mol. The molecule has 4 heteroatoms. The van der Waals surface area contributed by atoms with Gasteiger partial charge < -0.3 is 10.2 Å². The fourth-order valence-electron chi connectivity index (χ4n) is 4.71. The van der Waals surface area contributed by atoms with Crippen LogP contribution < -0.4 is 10.2 Å². The van der Waals surface area contributed by atoms with E-state index in [0.29, 0.717) is 12.5 Å². The lowest BCUT2D eigenvalue weighted by Gasteiger charge is -2.36. The number of rotatable bonds is 3. The van der Waals surface area contributed by atoms with Gasteiger partial charge in [0, 0.05) is 29.2 Å². The highest BCUT2D eigenvalue weighted by Gasteiger charge is 2.39. The van der Waals surface area contributed by atoms with Gasteiger partial charge in [-0.1, -0.05) is 20.8 Å². The lowest BCUT2D eigenvalue weighted by Crippen LogP contribution is -2.32. The van der Waals surface area contributed by atoms with E-state index in [0.717, 1.165) is 29.3 Å². The quantitative estimate of drug-likeness (QED) is 0.687. The number of hydrogen-bond acceptors (Lipinski definition) is 3. The smallest absolute Gasteiger partial charge is 0.224 e.